The van der Waals surface area contributed by atoms with Crippen LogP contribution in [-0.2, 0) is 0 Å². The summed E-state index contributed by atoms with van der Waals surface area (Å²) < 4.78 is 6.00. The van der Waals surface area contributed by atoms with Gasteiger partial charge in [0.2, 0.25) is 0 Å². The van der Waals surface area contributed by atoms with Crippen molar-refractivity contribution in [1.29, 1.82) is 0 Å². The summed E-state index contributed by atoms with van der Waals surface area (Å²) in [6.45, 7) is 1.10. The number of rotatable bonds is 3. The van der Waals surface area contributed by atoms with Crippen molar-refractivity contribution in [1.82, 2.24) is 5.32 Å². The van der Waals surface area contributed by atoms with E-state index >= 15 is 0 Å². The number of furan rings is 1. The zero-order chi connectivity index (χ0) is 11.7. The molecule has 1 saturated carbocycles. The van der Waals surface area contributed by atoms with Gasteiger partial charge in [0.05, 0.1) is 0 Å². The Balaban J connectivity index is 1.92. The largest absolute Gasteiger partial charge is 0.461 e. The van der Waals surface area contributed by atoms with Crippen molar-refractivity contribution >= 4 is 11.0 Å². The fourth-order valence-corrected chi connectivity index (χ4v) is 3.10. The molecule has 1 aromatic carbocycles. The van der Waals surface area contributed by atoms with Crippen molar-refractivity contribution in [2.24, 2.45) is 5.92 Å². The Morgan fingerprint density at radius 1 is 1.29 bits per heavy atom. The van der Waals surface area contributed by atoms with Gasteiger partial charge in [0.25, 0.3) is 0 Å². The average Bonchev–Trinajstić information content (AvgIpc) is 2.94. The molecule has 1 N–H and O–H groups in total. The molecule has 3 rings (SSSR count). The Labute approximate surface area is 102 Å². The van der Waals surface area contributed by atoms with Crippen molar-refractivity contribution in [3.8, 4) is 0 Å². The van der Waals surface area contributed by atoms with Crippen molar-refractivity contribution in [2.75, 3.05) is 13.6 Å². The first-order chi connectivity index (χ1) is 8.38. The SMILES string of the molecule is CNCC1CCCC1c1cc2ccccc2o1. The van der Waals surface area contributed by atoms with Crippen LogP contribution < -0.4 is 5.32 Å². The lowest BCUT2D eigenvalue weighted by Gasteiger charge is -2.16. The first-order valence-electron chi connectivity index (χ1n) is 6.51. The lowest BCUT2D eigenvalue weighted by molar-refractivity contribution is 0.399. The van der Waals surface area contributed by atoms with Crippen LogP contribution in [0.3, 0.4) is 0 Å². The highest BCUT2D eigenvalue weighted by Crippen LogP contribution is 2.41. The van der Waals surface area contributed by atoms with E-state index in [1.54, 1.807) is 0 Å². The van der Waals surface area contributed by atoms with Gasteiger partial charge in [-0.25, -0.2) is 0 Å². The molecule has 1 heterocycles. The third-order valence-electron chi connectivity index (χ3n) is 3.94. The Morgan fingerprint density at radius 2 is 2.18 bits per heavy atom. The third kappa shape index (κ3) is 1.98. The second kappa shape index (κ2) is 4.53. The van der Waals surface area contributed by atoms with Gasteiger partial charge in [0.1, 0.15) is 11.3 Å². The van der Waals surface area contributed by atoms with Crippen LogP contribution in [0.25, 0.3) is 11.0 Å². The quantitative estimate of drug-likeness (QED) is 0.871. The summed E-state index contributed by atoms with van der Waals surface area (Å²) >= 11 is 0. The second-order valence-electron chi connectivity index (χ2n) is 5.04. The van der Waals surface area contributed by atoms with Gasteiger partial charge in [0, 0.05) is 11.3 Å². The zero-order valence-electron chi connectivity index (χ0n) is 10.3. The molecule has 0 bridgehead atoms. The molecule has 2 heteroatoms. The molecule has 2 unspecified atom stereocenters. The van der Waals surface area contributed by atoms with Crippen LogP contribution in [0.1, 0.15) is 30.9 Å². The Bertz CT molecular complexity index is 469. The Kier molecular flexibility index (Phi) is 2.89. The predicted molar refractivity (Wildman–Crippen MR) is 70.2 cm³/mol. The fourth-order valence-electron chi connectivity index (χ4n) is 3.10. The smallest absolute Gasteiger partial charge is 0.134 e. The summed E-state index contributed by atoms with van der Waals surface area (Å²) in [7, 11) is 2.04. The van der Waals surface area contributed by atoms with Crippen molar-refractivity contribution in [3.63, 3.8) is 0 Å². The number of para-hydroxylation sites is 1. The molecule has 1 aromatic heterocycles. The molecule has 0 spiro atoms. The highest BCUT2D eigenvalue weighted by atomic mass is 16.3. The van der Waals surface area contributed by atoms with E-state index in [2.05, 4.69) is 29.6 Å². The monoisotopic (exact) mass is 229 g/mol. The minimum Gasteiger partial charge on any atom is -0.461 e. The second-order valence-corrected chi connectivity index (χ2v) is 5.04. The molecule has 90 valence electrons. The third-order valence-corrected chi connectivity index (χ3v) is 3.94. The summed E-state index contributed by atoms with van der Waals surface area (Å²) in [6, 6.07) is 10.5. The van der Waals surface area contributed by atoms with Crippen LogP contribution in [0.5, 0.6) is 0 Å². The lowest BCUT2D eigenvalue weighted by atomic mass is 9.93. The van der Waals surface area contributed by atoms with Crippen molar-refractivity contribution in [2.45, 2.75) is 25.2 Å². The maximum absolute atomic E-state index is 6.00. The lowest BCUT2D eigenvalue weighted by Crippen LogP contribution is -2.20. The number of fused-ring (bicyclic) bond motifs is 1. The summed E-state index contributed by atoms with van der Waals surface area (Å²) in [5, 5.41) is 4.54. The van der Waals surface area contributed by atoms with E-state index in [0.29, 0.717) is 5.92 Å². The van der Waals surface area contributed by atoms with Gasteiger partial charge < -0.3 is 9.73 Å². The highest BCUT2D eigenvalue weighted by molar-refractivity contribution is 5.77. The van der Waals surface area contributed by atoms with Crippen molar-refractivity contribution in [3.05, 3.63) is 36.1 Å². The summed E-state index contributed by atoms with van der Waals surface area (Å²) in [6.07, 6.45) is 3.92. The van der Waals surface area contributed by atoms with E-state index in [9.17, 15) is 0 Å². The minimum absolute atomic E-state index is 0.606. The van der Waals surface area contributed by atoms with E-state index < -0.39 is 0 Å². The first-order valence-corrected chi connectivity index (χ1v) is 6.51. The van der Waals surface area contributed by atoms with E-state index in [0.717, 1.165) is 18.0 Å². The molecular formula is C15H19NO. The van der Waals surface area contributed by atoms with Crippen LogP contribution in [-0.4, -0.2) is 13.6 Å². The van der Waals surface area contributed by atoms with Crippen molar-refractivity contribution < 1.29 is 4.42 Å². The van der Waals surface area contributed by atoms with Gasteiger partial charge >= 0.3 is 0 Å². The Hall–Kier alpha value is -1.28. The van der Waals surface area contributed by atoms with Gasteiger partial charge in [-0.2, -0.15) is 0 Å². The minimum atomic E-state index is 0.606. The van der Waals surface area contributed by atoms with Gasteiger partial charge in [-0.1, -0.05) is 24.6 Å². The molecule has 1 fully saturated rings. The van der Waals surface area contributed by atoms with Crippen LogP contribution >= 0.6 is 0 Å². The van der Waals surface area contributed by atoms with Crippen LogP contribution in [0.4, 0.5) is 0 Å². The van der Waals surface area contributed by atoms with Crippen LogP contribution in [0.2, 0.25) is 0 Å². The average molecular weight is 229 g/mol. The van der Waals surface area contributed by atoms with Gasteiger partial charge in [-0.3, -0.25) is 0 Å². The van der Waals surface area contributed by atoms with E-state index in [4.69, 9.17) is 4.42 Å². The fraction of sp³-hybridized carbons (Fsp3) is 0.467. The summed E-state index contributed by atoms with van der Waals surface area (Å²) in [5.41, 5.74) is 1.03. The standard InChI is InChI=1S/C15H19NO/c1-16-10-12-6-4-7-13(12)15-9-11-5-2-3-8-14(11)17-15/h2-3,5,8-9,12-13,16H,4,6-7,10H2,1H3. The maximum Gasteiger partial charge on any atom is 0.134 e. The zero-order valence-corrected chi connectivity index (χ0v) is 10.3. The number of hydrogen-bond acceptors (Lipinski definition) is 2. The maximum atomic E-state index is 6.00. The normalized spacial score (nSPS) is 24.5. The first kappa shape index (κ1) is 10.8. The molecule has 0 aliphatic heterocycles. The molecule has 0 saturated heterocycles. The van der Waals surface area contributed by atoms with Crippen LogP contribution in [0.15, 0.2) is 34.7 Å². The topological polar surface area (TPSA) is 25.2 Å². The molecule has 0 radical (unpaired) electrons. The number of benzene rings is 1. The molecular weight excluding hydrogens is 210 g/mol. The molecule has 2 aromatic rings. The molecule has 2 nitrogen and oxygen atoms in total. The molecule has 1 aliphatic rings. The Morgan fingerprint density at radius 3 is 3.00 bits per heavy atom. The van der Waals surface area contributed by atoms with Crippen LogP contribution in [0, 0.1) is 5.92 Å². The van der Waals surface area contributed by atoms with E-state index in [-0.39, 0.29) is 0 Å². The molecule has 17 heavy (non-hydrogen) atoms. The number of hydrogen-bond donors (Lipinski definition) is 1. The van der Waals surface area contributed by atoms with E-state index in [1.165, 1.54) is 30.4 Å². The van der Waals surface area contributed by atoms with Gasteiger partial charge in [-0.15, -0.1) is 0 Å². The van der Waals surface area contributed by atoms with Gasteiger partial charge in [-0.05, 0) is 44.5 Å². The highest BCUT2D eigenvalue weighted by Gasteiger charge is 2.30. The van der Waals surface area contributed by atoms with E-state index in [1.807, 2.05) is 13.1 Å². The molecule has 2 atom stereocenters. The molecule has 0 amide bonds. The molecule has 1 aliphatic carbocycles. The predicted octanol–water partition coefficient (Wildman–Crippen LogP) is 3.54. The van der Waals surface area contributed by atoms with Gasteiger partial charge in [0.15, 0.2) is 0 Å². The summed E-state index contributed by atoms with van der Waals surface area (Å²) in [5.74, 6) is 2.53. The summed E-state index contributed by atoms with van der Waals surface area (Å²) in [4.78, 5) is 0. The number of nitrogens with one attached hydrogen (secondary N) is 1.